The van der Waals surface area contributed by atoms with Gasteiger partial charge in [-0.25, -0.2) is 4.98 Å². The highest BCUT2D eigenvalue weighted by Gasteiger charge is 2.00. The fourth-order valence-electron chi connectivity index (χ4n) is 2.12. The van der Waals surface area contributed by atoms with Crippen LogP contribution in [0.2, 0.25) is 0 Å². The Morgan fingerprint density at radius 2 is 1.95 bits per heavy atom. The number of aliphatic hydroxyl groups excluding tert-OH is 1. The molecule has 3 rings (SSSR count). The zero-order valence-corrected chi connectivity index (χ0v) is 10.5. The molecule has 0 saturated heterocycles. The van der Waals surface area contributed by atoms with Gasteiger partial charge in [0.25, 0.3) is 0 Å². The average Bonchev–Trinajstić information content (AvgIpc) is 2.94. The summed E-state index contributed by atoms with van der Waals surface area (Å²) in [5.74, 6) is 1.00. The average molecular weight is 253 g/mol. The summed E-state index contributed by atoms with van der Waals surface area (Å²) in [5, 5.41) is 12.5. The summed E-state index contributed by atoms with van der Waals surface area (Å²) >= 11 is 0. The molecule has 4 nitrogen and oxygen atoms in total. The van der Waals surface area contributed by atoms with Gasteiger partial charge in [0.05, 0.1) is 6.61 Å². The topological polar surface area (TPSA) is 49.6 Å². The maximum Gasteiger partial charge on any atom is 0.138 e. The largest absolute Gasteiger partial charge is 0.392 e. The Morgan fingerprint density at radius 1 is 1.11 bits per heavy atom. The summed E-state index contributed by atoms with van der Waals surface area (Å²) in [6, 6.07) is 13.9. The van der Waals surface area contributed by atoms with Gasteiger partial charge in [0, 0.05) is 18.9 Å². The minimum absolute atomic E-state index is 0.0743. The Bertz CT molecular complexity index is 690. The number of fused-ring (bicyclic) bond motifs is 1. The molecule has 0 aliphatic rings. The summed E-state index contributed by atoms with van der Waals surface area (Å²) in [6.07, 6.45) is 3.72. The van der Waals surface area contributed by atoms with Crippen LogP contribution in [0.4, 0.5) is 5.82 Å². The summed E-state index contributed by atoms with van der Waals surface area (Å²) in [6.45, 7) is 0.788. The lowest BCUT2D eigenvalue weighted by Crippen LogP contribution is -2.04. The molecule has 0 unspecified atom stereocenters. The number of aliphatic hydroxyl groups is 1. The van der Waals surface area contributed by atoms with E-state index >= 15 is 0 Å². The molecular formula is C15H15N3O. The van der Waals surface area contributed by atoms with E-state index in [1.165, 1.54) is 0 Å². The zero-order valence-electron chi connectivity index (χ0n) is 10.5. The first kappa shape index (κ1) is 11.7. The van der Waals surface area contributed by atoms with Crippen molar-refractivity contribution in [3.05, 3.63) is 66.0 Å². The minimum Gasteiger partial charge on any atom is -0.392 e. The molecule has 1 aromatic carbocycles. The molecule has 4 heteroatoms. The molecule has 0 aliphatic carbocycles. The third kappa shape index (κ3) is 2.44. The standard InChI is InChI=1S/C15H15N3O/c19-11-13-4-1-3-12(9-13)10-17-15-6-2-5-14-16-7-8-18(14)15/h1-9,17,19H,10-11H2. The van der Waals surface area contributed by atoms with Gasteiger partial charge < -0.3 is 10.4 Å². The Morgan fingerprint density at radius 3 is 2.84 bits per heavy atom. The molecule has 2 aromatic heterocycles. The number of imidazole rings is 1. The van der Waals surface area contributed by atoms with Gasteiger partial charge >= 0.3 is 0 Å². The highest BCUT2D eigenvalue weighted by molar-refractivity contribution is 5.50. The maximum atomic E-state index is 9.13. The number of anilines is 1. The minimum atomic E-state index is 0.0743. The van der Waals surface area contributed by atoms with E-state index in [1.807, 2.05) is 53.1 Å². The van der Waals surface area contributed by atoms with Crippen molar-refractivity contribution in [1.29, 1.82) is 0 Å². The summed E-state index contributed by atoms with van der Waals surface area (Å²) in [4.78, 5) is 4.25. The van der Waals surface area contributed by atoms with E-state index in [0.29, 0.717) is 6.54 Å². The highest BCUT2D eigenvalue weighted by atomic mass is 16.3. The highest BCUT2D eigenvalue weighted by Crippen LogP contribution is 2.13. The molecule has 0 spiro atoms. The van der Waals surface area contributed by atoms with Gasteiger partial charge in [-0.3, -0.25) is 4.40 Å². The molecule has 2 N–H and O–H groups in total. The fraction of sp³-hybridized carbons (Fsp3) is 0.133. The Hall–Kier alpha value is -2.33. The van der Waals surface area contributed by atoms with Gasteiger partial charge in [-0.1, -0.05) is 30.3 Å². The van der Waals surface area contributed by atoms with Crippen molar-refractivity contribution in [2.45, 2.75) is 13.2 Å². The van der Waals surface area contributed by atoms with Crippen LogP contribution in [0.15, 0.2) is 54.9 Å². The number of nitrogens with zero attached hydrogens (tertiary/aromatic N) is 2. The number of pyridine rings is 1. The molecule has 0 bridgehead atoms. The van der Waals surface area contributed by atoms with E-state index in [0.717, 1.165) is 22.6 Å². The number of hydrogen-bond acceptors (Lipinski definition) is 3. The molecule has 96 valence electrons. The summed E-state index contributed by atoms with van der Waals surface area (Å²) in [7, 11) is 0. The predicted octanol–water partition coefficient (Wildman–Crippen LogP) is 2.44. The number of nitrogens with one attached hydrogen (secondary N) is 1. The van der Waals surface area contributed by atoms with Gasteiger partial charge in [-0.05, 0) is 23.3 Å². The van der Waals surface area contributed by atoms with Crippen LogP contribution in [-0.4, -0.2) is 14.5 Å². The molecule has 0 radical (unpaired) electrons. The molecule has 19 heavy (non-hydrogen) atoms. The maximum absolute atomic E-state index is 9.13. The third-order valence-corrected chi connectivity index (χ3v) is 3.08. The van der Waals surface area contributed by atoms with Gasteiger partial charge in [0.1, 0.15) is 11.5 Å². The molecule has 2 heterocycles. The molecule has 0 aliphatic heterocycles. The van der Waals surface area contributed by atoms with Crippen molar-refractivity contribution in [2.75, 3.05) is 5.32 Å². The Balaban J connectivity index is 1.80. The zero-order chi connectivity index (χ0) is 13.1. The SMILES string of the molecule is OCc1cccc(CNc2cccc3nccn23)c1. The summed E-state index contributed by atoms with van der Waals surface area (Å²) < 4.78 is 2.01. The van der Waals surface area contributed by atoms with E-state index in [9.17, 15) is 0 Å². The molecule has 0 saturated carbocycles. The number of rotatable bonds is 4. The first-order valence-corrected chi connectivity index (χ1v) is 6.21. The van der Waals surface area contributed by atoms with E-state index in [2.05, 4.69) is 10.3 Å². The molecule has 3 aromatic rings. The molecular weight excluding hydrogens is 238 g/mol. The lowest BCUT2D eigenvalue weighted by atomic mass is 10.1. The molecule has 0 amide bonds. The van der Waals surface area contributed by atoms with Crippen LogP contribution >= 0.6 is 0 Å². The number of aromatic nitrogens is 2. The Kier molecular flexibility index (Phi) is 3.16. The van der Waals surface area contributed by atoms with Crippen LogP contribution in [0.5, 0.6) is 0 Å². The number of hydrogen-bond donors (Lipinski definition) is 2. The lowest BCUT2D eigenvalue weighted by molar-refractivity contribution is 0.281. The molecule has 0 atom stereocenters. The first-order valence-electron chi connectivity index (χ1n) is 6.21. The van der Waals surface area contributed by atoms with E-state index in [1.54, 1.807) is 6.20 Å². The second-order valence-electron chi connectivity index (χ2n) is 4.40. The number of benzene rings is 1. The van der Waals surface area contributed by atoms with Crippen LogP contribution in [0, 0.1) is 0 Å². The van der Waals surface area contributed by atoms with Crippen molar-refractivity contribution in [1.82, 2.24) is 9.38 Å². The van der Waals surface area contributed by atoms with Crippen LogP contribution in [0.1, 0.15) is 11.1 Å². The lowest BCUT2D eigenvalue weighted by Gasteiger charge is -2.09. The van der Waals surface area contributed by atoms with Crippen LogP contribution < -0.4 is 5.32 Å². The fourth-order valence-corrected chi connectivity index (χ4v) is 2.12. The van der Waals surface area contributed by atoms with Crippen LogP contribution in [0.3, 0.4) is 0 Å². The van der Waals surface area contributed by atoms with E-state index in [-0.39, 0.29) is 6.61 Å². The van der Waals surface area contributed by atoms with E-state index in [4.69, 9.17) is 5.11 Å². The van der Waals surface area contributed by atoms with Crippen molar-refractivity contribution in [3.8, 4) is 0 Å². The van der Waals surface area contributed by atoms with Crippen molar-refractivity contribution >= 4 is 11.5 Å². The van der Waals surface area contributed by atoms with Crippen molar-refractivity contribution in [2.24, 2.45) is 0 Å². The van der Waals surface area contributed by atoms with Gasteiger partial charge in [0.2, 0.25) is 0 Å². The second kappa shape index (κ2) is 5.12. The molecule has 0 fully saturated rings. The first-order chi connectivity index (χ1) is 9.36. The van der Waals surface area contributed by atoms with Gasteiger partial charge in [-0.2, -0.15) is 0 Å². The van der Waals surface area contributed by atoms with Crippen molar-refractivity contribution in [3.63, 3.8) is 0 Å². The van der Waals surface area contributed by atoms with Crippen molar-refractivity contribution < 1.29 is 5.11 Å². The smallest absolute Gasteiger partial charge is 0.138 e. The monoisotopic (exact) mass is 253 g/mol. The quantitative estimate of drug-likeness (QED) is 0.751. The summed E-state index contributed by atoms with van der Waals surface area (Å²) in [5.41, 5.74) is 3.00. The van der Waals surface area contributed by atoms with E-state index < -0.39 is 0 Å². The van der Waals surface area contributed by atoms with Gasteiger partial charge in [-0.15, -0.1) is 0 Å². The van der Waals surface area contributed by atoms with Crippen LogP contribution in [-0.2, 0) is 13.2 Å². The normalized spacial score (nSPS) is 10.8. The second-order valence-corrected chi connectivity index (χ2v) is 4.40. The van der Waals surface area contributed by atoms with Crippen LogP contribution in [0.25, 0.3) is 5.65 Å². The third-order valence-electron chi connectivity index (χ3n) is 3.08. The van der Waals surface area contributed by atoms with Gasteiger partial charge in [0.15, 0.2) is 0 Å². The Labute approximate surface area is 111 Å². The predicted molar refractivity (Wildman–Crippen MR) is 74.9 cm³/mol.